The van der Waals surface area contributed by atoms with Crippen molar-refractivity contribution in [2.45, 2.75) is 50.5 Å². The quantitative estimate of drug-likeness (QED) is 0.784. The lowest BCUT2D eigenvalue weighted by Gasteiger charge is -2.38. The summed E-state index contributed by atoms with van der Waals surface area (Å²) in [5.41, 5.74) is 1.37. The number of carbonyl (C=O) groups is 1. The molecule has 2 fully saturated rings. The van der Waals surface area contributed by atoms with Crippen molar-refractivity contribution in [2.75, 3.05) is 52.9 Å². The largest absolute Gasteiger partial charge is 0.388 e. The summed E-state index contributed by atoms with van der Waals surface area (Å²) in [5.74, 6) is -0.158. The van der Waals surface area contributed by atoms with Crippen molar-refractivity contribution in [3.63, 3.8) is 0 Å². The number of amides is 1. The zero-order chi connectivity index (χ0) is 20.4. The van der Waals surface area contributed by atoms with Gasteiger partial charge in [0.15, 0.2) is 0 Å². The summed E-state index contributed by atoms with van der Waals surface area (Å²) in [6.45, 7) is 5.80. The lowest BCUT2D eigenvalue weighted by Crippen LogP contribution is -2.51. The van der Waals surface area contributed by atoms with Gasteiger partial charge in [0.1, 0.15) is 5.56 Å². The van der Waals surface area contributed by atoms with Crippen LogP contribution in [0.5, 0.6) is 0 Å². The highest BCUT2D eigenvalue weighted by atomic mass is 16.3. The molecule has 4 rings (SSSR count). The number of aryl methyl sites for hydroxylation is 1. The van der Waals surface area contributed by atoms with Crippen molar-refractivity contribution < 1.29 is 9.90 Å². The van der Waals surface area contributed by atoms with Gasteiger partial charge in [-0.25, -0.2) is 0 Å². The number of fused-ring (bicyclic) bond motifs is 1. The van der Waals surface area contributed by atoms with E-state index in [4.69, 9.17) is 0 Å². The first-order valence-corrected chi connectivity index (χ1v) is 11.1. The zero-order valence-electron chi connectivity index (χ0n) is 17.6. The molecular formula is C22H34N4O3. The van der Waals surface area contributed by atoms with Crippen molar-refractivity contribution in [2.24, 2.45) is 0 Å². The van der Waals surface area contributed by atoms with Crippen LogP contribution in [0.3, 0.4) is 0 Å². The third kappa shape index (κ3) is 4.57. The van der Waals surface area contributed by atoms with Gasteiger partial charge in [-0.15, -0.1) is 0 Å². The van der Waals surface area contributed by atoms with Gasteiger partial charge in [0.05, 0.1) is 5.60 Å². The average molecular weight is 403 g/mol. The summed E-state index contributed by atoms with van der Waals surface area (Å²) < 4.78 is 0. The van der Waals surface area contributed by atoms with E-state index in [0.717, 1.165) is 69.4 Å². The van der Waals surface area contributed by atoms with E-state index < -0.39 is 5.60 Å². The highest BCUT2D eigenvalue weighted by Gasteiger charge is 2.35. The van der Waals surface area contributed by atoms with Gasteiger partial charge in [-0.3, -0.25) is 14.5 Å². The number of nitrogens with one attached hydrogen (secondary N) is 1. The number of hydrogen-bond donors (Lipinski definition) is 2. The highest BCUT2D eigenvalue weighted by Crippen LogP contribution is 2.27. The van der Waals surface area contributed by atoms with E-state index in [1.165, 1.54) is 0 Å². The second-order valence-electron chi connectivity index (χ2n) is 9.15. The highest BCUT2D eigenvalue weighted by molar-refractivity contribution is 5.95. The number of piperazine rings is 1. The number of likely N-dealkylation sites (tertiary alicyclic amines) is 1. The Hall–Kier alpha value is -1.70. The molecule has 0 radical (unpaired) electrons. The van der Waals surface area contributed by atoms with Crippen LogP contribution >= 0.6 is 0 Å². The van der Waals surface area contributed by atoms with Gasteiger partial charge < -0.3 is 19.9 Å². The molecule has 2 aliphatic heterocycles. The number of hydrogen-bond acceptors (Lipinski definition) is 5. The number of rotatable bonds is 3. The van der Waals surface area contributed by atoms with Crippen LogP contribution in [0.2, 0.25) is 0 Å². The topological polar surface area (TPSA) is 79.9 Å². The Morgan fingerprint density at radius 3 is 2.62 bits per heavy atom. The molecule has 1 amide bonds. The lowest BCUT2D eigenvalue weighted by molar-refractivity contribution is -0.0179. The van der Waals surface area contributed by atoms with Gasteiger partial charge in [-0.05, 0) is 63.1 Å². The summed E-state index contributed by atoms with van der Waals surface area (Å²) in [7, 11) is 2.13. The number of aliphatic hydroxyl groups is 1. The number of likely N-dealkylation sites (N-methyl/N-ethyl adjacent to an activating group) is 1. The van der Waals surface area contributed by atoms with Crippen molar-refractivity contribution in [1.29, 1.82) is 0 Å². The number of carbonyl (C=O) groups excluding carboxylic acids is 1. The van der Waals surface area contributed by atoms with E-state index >= 15 is 0 Å². The first-order chi connectivity index (χ1) is 14.0. The molecule has 2 N–H and O–H groups in total. The molecule has 3 aliphatic rings. The van der Waals surface area contributed by atoms with E-state index in [2.05, 4.69) is 21.8 Å². The summed E-state index contributed by atoms with van der Waals surface area (Å²) in [5, 5.41) is 11.2. The summed E-state index contributed by atoms with van der Waals surface area (Å²) >= 11 is 0. The summed E-state index contributed by atoms with van der Waals surface area (Å²) in [4.78, 5) is 35.0. The Morgan fingerprint density at radius 2 is 1.83 bits per heavy atom. The molecule has 0 unspecified atom stereocenters. The lowest BCUT2D eigenvalue weighted by atomic mass is 9.89. The van der Waals surface area contributed by atoms with E-state index in [1.54, 1.807) is 11.1 Å². The van der Waals surface area contributed by atoms with Crippen LogP contribution in [0.4, 0.5) is 0 Å². The second kappa shape index (κ2) is 8.58. The van der Waals surface area contributed by atoms with Crippen molar-refractivity contribution in [3.8, 4) is 0 Å². The summed E-state index contributed by atoms with van der Waals surface area (Å²) in [6.07, 6.45) is 7.69. The molecule has 0 bridgehead atoms. The number of aromatic amines is 1. The van der Waals surface area contributed by atoms with E-state index in [0.29, 0.717) is 38.0 Å². The minimum Gasteiger partial charge on any atom is -0.388 e. The Labute approximate surface area is 172 Å². The van der Waals surface area contributed by atoms with Crippen LogP contribution in [0.1, 0.15) is 53.6 Å². The van der Waals surface area contributed by atoms with E-state index in [1.807, 2.05) is 0 Å². The Kier molecular flexibility index (Phi) is 6.08. The van der Waals surface area contributed by atoms with Crippen molar-refractivity contribution >= 4 is 5.91 Å². The maximum atomic E-state index is 13.3. The van der Waals surface area contributed by atoms with Gasteiger partial charge in [-0.2, -0.15) is 0 Å². The smallest absolute Gasteiger partial charge is 0.261 e. The molecule has 7 nitrogen and oxygen atoms in total. The number of aromatic nitrogens is 1. The molecule has 0 spiro atoms. The van der Waals surface area contributed by atoms with Gasteiger partial charge in [-0.1, -0.05) is 0 Å². The molecule has 1 aromatic rings. The number of pyridine rings is 1. The van der Waals surface area contributed by atoms with Crippen LogP contribution in [0.25, 0.3) is 0 Å². The second-order valence-corrected chi connectivity index (χ2v) is 9.15. The van der Waals surface area contributed by atoms with E-state index in [9.17, 15) is 14.7 Å². The predicted molar refractivity (Wildman–Crippen MR) is 112 cm³/mol. The molecule has 0 aromatic carbocycles. The molecule has 2 saturated heterocycles. The number of nitrogens with zero attached hydrogens (tertiary/aromatic N) is 3. The van der Waals surface area contributed by atoms with Crippen molar-refractivity contribution in [1.82, 2.24) is 19.7 Å². The van der Waals surface area contributed by atoms with Crippen LogP contribution in [0, 0.1) is 0 Å². The summed E-state index contributed by atoms with van der Waals surface area (Å²) in [6, 6.07) is 0. The van der Waals surface area contributed by atoms with Crippen molar-refractivity contribution in [3.05, 3.63) is 33.2 Å². The third-order valence-corrected chi connectivity index (χ3v) is 6.95. The van der Waals surface area contributed by atoms with Crippen LogP contribution in [0.15, 0.2) is 11.0 Å². The molecule has 7 heteroatoms. The molecule has 29 heavy (non-hydrogen) atoms. The average Bonchev–Trinajstić information content (AvgIpc) is 2.91. The fourth-order valence-electron chi connectivity index (χ4n) is 5.08. The fraction of sp³-hybridized carbons (Fsp3) is 0.727. The van der Waals surface area contributed by atoms with Gasteiger partial charge >= 0.3 is 0 Å². The number of H-pyrrole nitrogens is 1. The minimum atomic E-state index is -0.756. The zero-order valence-corrected chi connectivity index (χ0v) is 17.6. The fourth-order valence-corrected chi connectivity index (χ4v) is 5.08. The normalized spacial score (nSPS) is 26.8. The molecular weight excluding hydrogens is 368 g/mol. The monoisotopic (exact) mass is 402 g/mol. The Bertz CT molecular complexity index is 800. The molecule has 0 saturated carbocycles. The van der Waals surface area contributed by atoms with Crippen LogP contribution < -0.4 is 5.56 Å². The SMILES string of the molecule is CN1CCN(C[C@]2(O)CCCN(C(=O)c3c4c(c[nH]c3=O)CCCC4)CC2)CC1. The molecule has 3 heterocycles. The van der Waals surface area contributed by atoms with Gasteiger partial charge in [0.2, 0.25) is 0 Å². The predicted octanol–water partition coefficient (Wildman–Crippen LogP) is 0.858. The Balaban J connectivity index is 1.45. The first-order valence-electron chi connectivity index (χ1n) is 11.1. The molecule has 160 valence electrons. The standard InChI is InChI=1S/C22H34N4O3/c1-24-11-13-25(14-12-24)16-22(29)7-4-9-26(10-8-22)21(28)19-18-6-3-2-5-17(18)15-23-20(19)27/h15,29H,2-14,16H2,1H3,(H,23,27)/t22-/m0/s1. The third-order valence-electron chi connectivity index (χ3n) is 6.95. The van der Waals surface area contributed by atoms with Gasteiger partial charge in [0.25, 0.3) is 11.5 Å². The molecule has 1 aromatic heterocycles. The van der Waals surface area contributed by atoms with Crippen LogP contribution in [-0.4, -0.2) is 89.2 Å². The van der Waals surface area contributed by atoms with Crippen LogP contribution in [-0.2, 0) is 12.8 Å². The minimum absolute atomic E-state index is 0.158. The Morgan fingerprint density at radius 1 is 1.07 bits per heavy atom. The molecule has 1 aliphatic carbocycles. The maximum Gasteiger partial charge on any atom is 0.261 e. The maximum absolute atomic E-state index is 13.3. The van der Waals surface area contributed by atoms with E-state index in [-0.39, 0.29) is 11.5 Å². The molecule has 1 atom stereocenters. The van der Waals surface area contributed by atoms with Gasteiger partial charge in [0, 0.05) is 52.0 Å². The first kappa shape index (κ1) is 20.6. The number of β-amino-alcohol motifs (C(OH)–C–C–N with tert-alkyl or cyclic N) is 1.